The highest BCUT2D eigenvalue weighted by Gasteiger charge is 2.40. The van der Waals surface area contributed by atoms with Crippen LogP contribution in [0, 0.1) is 5.82 Å². The molecule has 148 valence electrons. The summed E-state index contributed by atoms with van der Waals surface area (Å²) in [6.45, 7) is -2.04. The fraction of sp³-hybridized carbons (Fsp3) is 0.250. The first-order valence-electron chi connectivity index (χ1n) is 7.32. The third-order valence-corrected chi connectivity index (χ3v) is 4.95. The molecule has 11 heteroatoms. The van der Waals surface area contributed by atoms with Gasteiger partial charge in [-0.2, -0.15) is 8.78 Å². The lowest BCUT2D eigenvalue weighted by Crippen LogP contribution is -2.32. The highest BCUT2D eigenvalue weighted by atomic mass is 35.5. The Morgan fingerprint density at radius 3 is 2.44 bits per heavy atom. The molecule has 0 aromatic heterocycles. The number of anilines is 1. The van der Waals surface area contributed by atoms with E-state index in [2.05, 4.69) is 4.74 Å². The van der Waals surface area contributed by atoms with Crippen LogP contribution in [0.5, 0.6) is 0 Å². The number of nitrogens with one attached hydrogen (secondary N) is 1. The van der Waals surface area contributed by atoms with Gasteiger partial charge in [0.15, 0.2) is 0 Å². The zero-order valence-corrected chi connectivity index (χ0v) is 15.0. The van der Waals surface area contributed by atoms with E-state index in [4.69, 9.17) is 11.6 Å². The van der Waals surface area contributed by atoms with Crippen molar-refractivity contribution in [2.24, 2.45) is 0 Å². The lowest BCUT2D eigenvalue weighted by Gasteiger charge is -2.15. The van der Waals surface area contributed by atoms with Gasteiger partial charge >= 0.3 is 12.3 Å². The molecule has 0 bridgehead atoms. The van der Waals surface area contributed by atoms with E-state index in [1.807, 2.05) is 4.72 Å². The summed E-state index contributed by atoms with van der Waals surface area (Å²) in [5.41, 5.74) is -0.306. The van der Waals surface area contributed by atoms with Crippen LogP contribution in [0.3, 0.4) is 0 Å². The topological polar surface area (TPSA) is 55.4 Å². The van der Waals surface area contributed by atoms with E-state index in [9.17, 15) is 30.4 Å². The summed E-state index contributed by atoms with van der Waals surface area (Å²) >= 11 is 5.77. The number of benzene rings is 2. The van der Waals surface area contributed by atoms with Gasteiger partial charge < -0.3 is 4.74 Å². The third kappa shape index (κ3) is 5.53. The average Bonchev–Trinajstić information content (AvgIpc) is 2.58. The monoisotopic (exact) mass is 429 g/mol. The second-order valence-electron chi connectivity index (χ2n) is 5.40. The molecule has 0 amide bonds. The smallest absolute Gasteiger partial charge is 0.330 e. The fourth-order valence-electron chi connectivity index (χ4n) is 1.96. The van der Waals surface area contributed by atoms with Crippen LogP contribution in [0.1, 0.15) is 5.56 Å². The Morgan fingerprint density at radius 2 is 1.81 bits per heavy atom. The van der Waals surface area contributed by atoms with Crippen LogP contribution in [-0.2, 0) is 21.4 Å². The largest absolute Gasteiger partial charge is 0.370 e. The molecular formula is C16H13ClF5NO3S. The summed E-state index contributed by atoms with van der Waals surface area (Å²) in [7, 11) is -4.25. The SMILES string of the molecule is O=S(=O)(Nc1c(F)cccc1Cl)c1cccc(COCC(F)(F)C(F)F)c1. The molecule has 0 unspecified atom stereocenters. The summed E-state index contributed by atoms with van der Waals surface area (Å²) in [5, 5.41) is -0.160. The van der Waals surface area contributed by atoms with Crippen molar-refractivity contribution in [1.29, 1.82) is 0 Å². The van der Waals surface area contributed by atoms with E-state index in [1.165, 1.54) is 30.3 Å². The molecule has 0 radical (unpaired) electrons. The van der Waals surface area contributed by atoms with Gasteiger partial charge in [-0.3, -0.25) is 4.72 Å². The van der Waals surface area contributed by atoms with Gasteiger partial charge in [0, 0.05) is 0 Å². The minimum atomic E-state index is -4.31. The molecule has 0 heterocycles. The average molecular weight is 430 g/mol. The van der Waals surface area contributed by atoms with Gasteiger partial charge in [0.25, 0.3) is 10.0 Å². The third-order valence-electron chi connectivity index (χ3n) is 3.29. The van der Waals surface area contributed by atoms with Crippen LogP contribution in [0.2, 0.25) is 5.02 Å². The van der Waals surface area contributed by atoms with Crippen LogP contribution >= 0.6 is 11.6 Å². The number of sulfonamides is 1. The summed E-state index contributed by atoms with van der Waals surface area (Å²) in [6.07, 6.45) is -3.88. The molecule has 2 aromatic carbocycles. The Hall–Kier alpha value is -1.91. The number of halogens is 6. The van der Waals surface area contributed by atoms with Crippen LogP contribution in [-0.4, -0.2) is 27.4 Å². The number of rotatable bonds is 8. The lowest BCUT2D eigenvalue weighted by atomic mass is 10.2. The maximum absolute atomic E-state index is 13.8. The Labute approximate surface area is 157 Å². The summed E-state index contributed by atoms with van der Waals surface area (Å²) in [4.78, 5) is -0.316. The molecule has 27 heavy (non-hydrogen) atoms. The Morgan fingerprint density at radius 1 is 1.15 bits per heavy atom. The molecule has 0 atom stereocenters. The Bertz CT molecular complexity index is 888. The zero-order valence-electron chi connectivity index (χ0n) is 13.4. The second kappa shape index (κ2) is 8.41. The Kier molecular flexibility index (Phi) is 6.66. The van der Waals surface area contributed by atoms with E-state index >= 15 is 0 Å². The molecule has 0 saturated heterocycles. The van der Waals surface area contributed by atoms with Crippen molar-refractivity contribution >= 4 is 27.3 Å². The zero-order chi connectivity index (χ0) is 20.2. The molecule has 0 aliphatic heterocycles. The predicted octanol–water partition coefficient (Wildman–Crippen LogP) is 4.70. The molecule has 0 saturated carbocycles. The van der Waals surface area contributed by atoms with Crippen LogP contribution in [0.25, 0.3) is 0 Å². The summed E-state index contributed by atoms with van der Waals surface area (Å²) in [6, 6.07) is 8.50. The molecular weight excluding hydrogens is 417 g/mol. The Balaban J connectivity index is 2.14. The predicted molar refractivity (Wildman–Crippen MR) is 89.3 cm³/mol. The maximum Gasteiger partial charge on any atom is 0.330 e. The van der Waals surface area contributed by atoms with Crippen molar-refractivity contribution in [1.82, 2.24) is 0 Å². The van der Waals surface area contributed by atoms with Crippen LogP contribution in [0.4, 0.5) is 27.6 Å². The normalized spacial score (nSPS) is 12.4. The minimum Gasteiger partial charge on any atom is -0.370 e. The van der Waals surface area contributed by atoms with Gasteiger partial charge in [-0.15, -0.1) is 0 Å². The number of ether oxygens (including phenoxy) is 1. The minimum absolute atomic E-state index is 0.141. The first-order valence-corrected chi connectivity index (χ1v) is 9.18. The van der Waals surface area contributed by atoms with E-state index in [1.54, 1.807) is 0 Å². The first-order chi connectivity index (χ1) is 12.5. The van der Waals surface area contributed by atoms with E-state index < -0.39 is 47.1 Å². The van der Waals surface area contributed by atoms with Crippen molar-refractivity contribution in [3.05, 3.63) is 58.9 Å². The van der Waals surface area contributed by atoms with E-state index in [-0.39, 0.29) is 15.5 Å². The van der Waals surface area contributed by atoms with Gasteiger partial charge in [-0.05, 0) is 29.8 Å². The van der Waals surface area contributed by atoms with Gasteiger partial charge in [0.2, 0.25) is 0 Å². The van der Waals surface area contributed by atoms with Gasteiger partial charge in [-0.1, -0.05) is 29.8 Å². The van der Waals surface area contributed by atoms with E-state index in [0.29, 0.717) is 0 Å². The highest BCUT2D eigenvalue weighted by molar-refractivity contribution is 7.92. The highest BCUT2D eigenvalue weighted by Crippen LogP contribution is 2.28. The van der Waals surface area contributed by atoms with Gasteiger partial charge in [0.1, 0.15) is 18.1 Å². The number of alkyl halides is 4. The molecule has 4 nitrogen and oxygen atoms in total. The molecule has 0 spiro atoms. The van der Waals surface area contributed by atoms with Crippen LogP contribution < -0.4 is 4.72 Å². The van der Waals surface area contributed by atoms with Gasteiger partial charge in [0.05, 0.1) is 16.5 Å². The molecule has 0 fully saturated rings. The molecule has 1 N–H and O–H groups in total. The number of hydrogen-bond donors (Lipinski definition) is 1. The van der Waals surface area contributed by atoms with Crippen molar-refractivity contribution < 1.29 is 35.1 Å². The lowest BCUT2D eigenvalue weighted by molar-refractivity contribution is -0.168. The fourth-order valence-corrected chi connectivity index (χ4v) is 3.38. The second-order valence-corrected chi connectivity index (χ2v) is 7.49. The standard InChI is InChI=1S/C16H13ClF5NO3S/c17-12-5-2-6-13(18)14(12)23-27(24,25)11-4-1-3-10(7-11)8-26-9-16(21,22)15(19)20/h1-7,15,23H,8-9H2. The van der Waals surface area contributed by atoms with Gasteiger partial charge in [-0.25, -0.2) is 21.6 Å². The quantitative estimate of drug-likeness (QED) is 0.619. The molecule has 2 rings (SSSR count). The molecule has 0 aliphatic rings. The van der Waals surface area contributed by atoms with Crippen LogP contribution in [0.15, 0.2) is 47.4 Å². The first kappa shape index (κ1) is 21.4. The van der Waals surface area contributed by atoms with Crippen molar-refractivity contribution in [2.45, 2.75) is 23.9 Å². The number of para-hydroxylation sites is 1. The van der Waals surface area contributed by atoms with Crippen molar-refractivity contribution in [3.63, 3.8) is 0 Å². The van der Waals surface area contributed by atoms with Crippen molar-refractivity contribution in [3.8, 4) is 0 Å². The summed E-state index contributed by atoms with van der Waals surface area (Å²) in [5.74, 6) is -5.20. The van der Waals surface area contributed by atoms with E-state index in [0.717, 1.165) is 12.1 Å². The molecule has 0 aliphatic carbocycles. The molecule has 2 aromatic rings. The van der Waals surface area contributed by atoms with Crippen molar-refractivity contribution in [2.75, 3.05) is 11.3 Å². The maximum atomic E-state index is 13.8. The number of hydrogen-bond acceptors (Lipinski definition) is 3. The summed E-state index contributed by atoms with van der Waals surface area (Å²) < 4.78 is 94.8.